The number of benzene rings is 3. The van der Waals surface area contributed by atoms with E-state index in [0.717, 1.165) is 5.56 Å². The highest BCUT2D eigenvalue weighted by molar-refractivity contribution is 7.92. The lowest BCUT2D eigenvalue weighted by Gasteiger charge is -2.09. The molecule has 0 spiro atoms. The van der Waals surface area contributed by atoms with Gasteiger partial charge < -0.3 is 9.47 Å². The first kappa shape index (κ1) is 18.1. The molecule has 1 heterocycles. The summed E-state index contributed by atoms with van der Waals surface area (Å²) in [6.45, 7) is 0.202. The summed E-state index contributed by atoms with van der Waals surface area (Å²) in [5, 5.41) is 0. The minimum Gasteiger partial charge on any atom is -0.454 e. The zero-order valence-corrected chi connectivity index (χ0v) is 15.4. The summed E-state index contributed by atoms with van der Waals surface area (Å²) in [4.78, 5) is 0.0705. The second kappa shape index (κ2) is 7.36. The Labute approximate surface area is 162 Å². The number of rotatable bonds is 5. The van der Waals surface area contributed by atoms with E-state index in [9.17, 15) is 12.8 Å². The van der Waals surface area contributed by atoms with Gasteiger partial charge in [0.05, 0.1) is 10.6 Å². The van der Waals surface area contributed by atoms with E-state index in [-0.39, 0.29) is 17.4 Å². The van der Waals surface area contributed by atoms with Gasteiger partial charge in [0.25, 0.3) is 10.0 Å². The van der Waals surface area contributed by atoms with Crippen LogP contribution in [0.5, 0.6) is 11.5 Å². The van der Waals surface area contributed by atoms with E-state index in [0.29, 0.717) is 17.1 Å². The summed E-state index contributed by atoms with van der Waals surface area (Å²) < 4.78 is 51.9. The quantitative estimate of drug-likeness (QED) is 0.643. The van der Waals surface area contributed by atoms with Crippen molar-refractivity contribution in [2.24, 2.45) is 0 Å². The van der Waals surface area contributed by atoms with Crippen molar-refractivity contribution in [3.63, 3.8) is 0 Å². The lowest BCUT2D eigenvalue weighted by Crippen LogP contribution is -2.13. The Kier molecular flexibility index (Phi) is 4.75. The van der Waals surface area contributed by atoms with Crippen LogP contribution in [0.4, 0.5) is 10.1 Å². The number of hydrogen-bond acceptors (Lipinski definition) is 4. The molecule has 3 aromatic carbocycles. The molecule has 0 saturated heterocycles. The number of anilines is 1. The number of sulfonamides is 1. The third kappa shape index (κ3) is 3.84. The van der Waals surface area contributed by atoms with Gasteiger partial charge >= 0.3 is 0 Å². The van der Waals surface area contributed by atoms with Gasteiger partial charge in [-0.25, -0.2) is 12.8 Å². The van der Waals surface area contributed by atoms with Gasteiger partial charge in [0.1, 0.15) is 5.82 Å². The minimum atomic E-state index is -3.84. The molecule has 0 aromatic heterocycles. The molecule has 1 aliphatic rings. The van der Waals surface area contributed by atoms with Crippen LogP contribution in [0.15, 0.2) is 71.6 Å². The van der Waals surface area contributed by atoms with Crippen LogP contribution in [0.2, 0.25) is 0 Å². The third-order valence-electron chi connectivity index (χ3n) is 4.16. The molecular weight excluding hydrogens is 381 g/mol. The average molecular weight is 397 g/mol. The molecular formula is C21H16FNO4S. The highest BCUT2D eigenvalue weighted by Gasteiger charge is 2.16. The van der Waals surface area contributed by atoms with E-state index >= 15 is 0 Å². The third-order valence-corrected chi connectivity index (χ3v) is 5.54. The fourth-order valence-corrected chi connectivity index (χ4v) is 3.82. The summed E-state index contributed by atoms with van der Waals surface area (Å²) >= 11 is 0. The van der Waals surface area contributed by atoms with Crippen LogP contribution in [-0.4, -0.2) is 15.2 Å². The summed E-state index contributed by atoms with van der Waals surface area (Å²) in [6, 6.07) is 17.6. The maximum atomic E-state index is 14.4. The van der Waals surface area contributed by atoms with Gasteiger partial charge in [-0.1, -0.05) is 42.5 Å². The minimum absolute atomic E-state index is 0.0705. The second-order valence-corrected chi connectivity index (χ2v) is 7.79. The molecule has 0 atom stereocenters. The number of fused-ring (bicyclic) bond motifs is 1. The summed E-state index contributed by atoms with van der Waals surface area (Å²) in [5.41, 5.74) is 1.36. The van der Waals surface area contributed by atoms with Gasteiger partial charge in [0, 0.05) is 0 Å². The molecule has 3 aromatic rings. The van der Waals surface area contributed by atoms with Crippen molar-refractivity contribution >= 4 is 27.9 Å². The van der Waals surface area contributed by atoms with Crippen molar-refractivity contribution in [3.05, 3.63) is 83.7 Å². The normalized spacial score (nSPS) is 13.0. The maximum Gasteiger partial charge on any atom is 0.261 e. The Morgan fingerprint density at radius 1 is 0.857 bits per heavy atom. The van der Waals surface area contributed by atoms with Crippen molar-refractivity contribution < 1.29 is 22.3 Å². The molecule has 0 saturated carbocycles. The zero-order chi connectivity index (χ0) is 19.6. The predicted octanol–water partition coefficient (Wildman–Crippen LogP) is 4.53. The fourth-order valence-electron chi connectivity index (χ4n) is 2.73. The topological polar surface area (TPSA) is 64.6 Å². The van der Waals surface area contributed by atoms with Crippen molar-refractivity contribution in [2.45, 2.75) is 4.90 Å². The smallest absolute Gasteiger partial charge is 0.261 e. The number of halogens is 1. The first-order valence-corrected chi connectivity index (χ1v) is 9.95. The summed E-state index contributed by atoms with van der Waals surface area (Å²) in [6.07, 6.45) is 3.54. The molecule has 0 fully saturated rings. The number of nitrogens with one attached hydrogen (secondary N) is 1. The molecule has 142 valence electrons. The highest BCUT2D eigenvalue weighted by Crippen LogP contribution is 2.33. The molecule has 0 aliphatic carbocycles. The van der Waals surface area contributed by atoms with Crippen LogP contribution in [-0.2, 0) is 10.0 Å². The van der Waals surface area contributed by atoms with E-state index in [2.05, 4.69) is 4.72 Å². The Hall–Kier alpha value is -3.32. The zero-order valence-electron chi connectivity index (χ0n) is 14.6. The molecule has 1 aliphatic heterocycles. The van der Waals surface area contributed by atoms with E-state index in [1.54, 1.807) is 30.3 Å². The van der Waals surface area contributed by atoms with Crippen LogP contribution in [0.25, 0.3) is 12.2 Å². The predicted molar refractivity (Wildman–Crippen MR) is 105 cm³/mol. The molecule has 0 radical (unpaired) electrons. The number of ether oxygens (including phenoxy) is 2. The van der Waals surface area contributed by atoms with Gasteiger partial charge in [-0.05, 0) is 47.5 Å². The van der Waals surface area contributed by atoms with Crippen LogP contribution in [0.1, 0.15) is 11.1 Å². The van der Waals surface area contributed by atoms with Gasteiger partial charge in [-0.3, -0.25) is 4.72 Å². The molecule has 4 rings (SSSR count). The van der Waals surface area contributed by atoms with Gasteiger partial charge in [-0.2, -0.15) is 0 Å². The van der Waals surface area contributed by atoms with Gasteiger partial charge in [-0.15, -0.1) is 0 Å². The Bertz CT molecular complexity index is 1140. The first-order valence-electron chi connectivity index (χ1n) is 8.46. The van der Waals surface area contributed by atoms with E-state index in [1.165, 1.54) is 24.3 Å². The van der Waals surface area contributed by atoms with Crippen LogP contribution in [0, 0.1) is 5.82 Å². The summed E-state index contributed by atoms with van der Waals surface area (Å²) in [7, 11) is -3.84. The Balaban J connectivity index is 1.52. The average Bonchev–Trinajstić information content (AvgIpc) is 3.17. The van der Waals surface area contributed by atoms with E-state index < -0.39 is 15.8 Å². The van der Waals surface area contributed by atoms with Crippen molar-refractivity contribution in [2.75, 3.05) is 11.5 Å². The van der Waals surface area contributed by atoms with Crippen molar-refractivity contribution in [1.29, 1.82) is 0 Å². The number of hydrogen-bond donors (Lipinski definition) is 1. The fraction of sp³-hybridized carbons (Fsp3) is 0.0476. The molecule has 0 bridgehead atoms. The van der Waals surface area contributed by atoms with Gasteiger partial charge in [0.15, 0.2) is 11.5 Å². The largest absolute Gasteiger partial charge is 0.454 e. The SMILES string of the molecule is O=S(=O)(Nc1ccc(/C=C/c2ccc3c(c2)OCO3)cc1F)c1ccccc1. The lowest BCUT2D eigenvalue weighted by atomic mass is 10.1. The standard InChI is InChI=1S/C21H16FNO4S/c22-18-12-15(6-7-16-9-11-20-21(13-16)27-14-26-20)8-10-19(18)23-28(24,25)17-4-2-1-3-5-17/h1-13,23H,14H2/b7-6+. The monoisotopic (exact) mass is 397 g/mol. The highest BCUT2D eigenvalue weighted by atomic mass is 32.2. The van der Waals surface area contributed by atoms with E-state index in [1.807, 2.05) is 24.3 Å². The van der Waals surface area contributed by atoms with Crippen molar-refractivity contribution in [1.82, 2.24) is 0 Å². The molecule has 5 nitrogen and oxygen atoms in total. The lowest BCUT2D eigenvalue weighted by molar-refractivity contribution is 0.174. The maximum absolute atomic E-state index is 14.4. The molecule has 0 amide bonds. The Morgan fingerprint density at radius 3 is 2.29 bits per heavy atom. The molecule has 1 N–H and O–H groups in total. The summed E-state index contributed by atoms with van der Waals surface area (Å²) in [5.74, 6) is 0.699. The van der Waals surface area contributed by atoms with Gasteiger partial charge in [0.2, 0.25) is 6.79 Å². The molecule has 28 heavy (non-hydrogen) atoms. The van der Waals surface area contributed by atoms with Crippen molar-refractivity contribution in [3.8, 4) is 11.5 Å². The van der Waals surface area contributed by atoms with Crippen LogP contribution in [0.3, 0.4) is 0 Å². The van der Waals surface area contributed by atoms with E-state index in [4.69, 9.17) is 9.47 Å². The second-order valence-electron chi connectivity index (χ2n) is 6.10. The Morgan fingerprint density at radius 2 is 1.54 bits per heavy atom. The molecule has 7 heteroatoms. The van der Waals surface area contributed by atoms with Crippen LogP contribution < -0.4 is 14.2 Å². The van der Waals surface area contributed by atoms with Crippen LogP contribution >= 0.6 is 0 Å². The molecule has 0 unspecified atom stereocenters. The first-order chi connectivity index (χ1) is 13.5.